The van der Waals surface area contributed by atoms with Crippen molar-refractivity contribution in [1.29, 1.82) is 0 Å². The van der Waals surface area contributed by atoms with Crippen LogP contribution in [-0.4, -0.2) is 25.2 Å². The lowest BCUT2D eigenvalue weighted by atomic mass is 10.3. The third-order valence-electron chi connectivity index (χ3n) is 2.17. The van der Waals surface area contributed by atoms with Crippen LogP contribution in [0, 0.1) is 0 Å². The number of amides is 1. The highest BCUT2D eigenvalue weighted by Gasteiger charge is 2.11. The number of carbonyl (C=O) groups excluding carboxylic acids is 1. The first kappa shape index (κ1) is 14.3. The van der Waals surface area contributed by atoms with Crippen molar-refractivity contribution in [3.8, 4) is 0 Å². The molecule has 17 heavy (non-hydrogen) atoms. The molecule has 96 valence electrons. The van der Waals surface area contributed by atoms with Gasteiger partial charge in [0.1, 0.15) is 0 Å². The Bertz CT molecular complexity index is 349. The van der Waals surface area contributed by atoms with Crippen LogP contribution >= 0.6 is 15.9 Å². The van der Waals surface area contributed by atoms with Gasteiger partial charge in [0, 0.05) is 13.2 Å². The van der Waals surface area contributed by atoms with Gasteiger partial charge in [-0.25, -0.2) is 0 Å². The summed E-state index contributed by atoms with van der Waals surface area (Å²) in [5.41, 5.74) is 0.531. The van der Waals surface area contributed by atoms with E-state index >= 15 is 0 Å². The minimum Gasteiger partial charge on any atom is -0.457 e. The molecular weight excluding hydrogens is 286 g/mol. The summed E-state index contributed by atoms with van der Waals surface area (Å²) in [5, 5.41) is 2.83. The van der Waals surface area contributed by atoms with Gasteiger partial charge in [-0.2, -0.15) is 0 Å². The fourth-order valence-corrected chi connectivity index (χ4v) is 1.72. The highest BCUT2D eigenvalue weighted by atomic mass is 79.9. The van der Waals surface area contributed by atoms with Gasteiger partial charge in [0.2, 0.25) is 0 Å². The van der Waals surface area contributed by atoms with Crippen LogP contribution in [0.3, 0.4) is 0 Å². The summed E-state index contributed by atoms with van der Waals surface area (Å²) < 4.78 is 10.9. The third kappa shape index (κ3) is 5.37. The molecule has 0 atom stereocenters. The molecule has 0 bridgehead atoms. The Morgan fingerprint density at radius 3 is 2.88 bits per heavy atom. The SMILES string of the molecule is CC(C)OCCCCNC(=O)c1ccoc1Br. The average Bonchev–Trinajstić information content (AvgIpc) is 2.69. The van der Waals surface area contributed by atoms with E-state index in [4.69, 9.17) is 9.15 Å². The normalized spacial score (nSPS) is 10.8. The Labute approximate surface area is 110 Å². The molecule has 0 aliphatic heterocycles. The van der Waals surface area contributed by atoms with Crippen molar-refractivity contribution in [3.63, 3.8) is 0 Å². The molecule has 0 spiro atoms. The molecule has 1 rings (SSSR count). The Morgan fingerprint density at radius 1 is 1.53 bits per heavy atom. The van der Waals surface area contributed by atoms with Gasteiger partial charge < -0.3 is 14.5 Å². The maximum atomic E-state index is 11.6. The first-order valence-corrected chi connectivity index (χ1v) is 6.53. The van der Waals surface area contributed by atoms with E-state index in [0.717, 1.165) is 19.4 Å². The van der Waals surface area contributed by atoms with Crippen LogP contribution in [0.15, 0.2) is 21.4 Å². The zero-order valence-corrected chi connectivity index (χ0v) is 11.7. The summed E-state index contributed by atoms with van der Waals surface area (Å²) in [7, 11) is 0. The fourth-order valence-electron chi connectivity index (χ4n) is 1.30. The molecule has 0 aliphatic carbocycles. The summed E-state index contributed by atoms with van der Waals surface area (Å²) in [6, 6.07) is 1.64. The predicted molar refractivity (Wildman–Crippen MR) is 69.1 cm³/mol. The van der Waals surface area contributed by atoms with Crippen molar-refractivity contribution in [2.45, 2.75) is 32.8 Å². The van der Waals surface area contributed by atoms with Gasteiger partial charge in [0.15, 0.2) is 4.67 Å². The van der Waals surface area contributed by atoms with Gasteiger partial charge in [-0.3, -0.25) is 4.79 Å². The van der Waals surface area contributed by atoms with Crippen LogP contribution in [0.1, 0.15) is 37.0 Å². The maximum Gasteiger partial charge on any atom is 0.255 e. The van der Waals surface area contributed by atoms with Crippen LogP contribution in [0.5, 0.6) is 0 Å². The molecule has 0 unspecified atom stereocenters. The van der Waals surface area contributed by atoms with Gasteiger partial charge in [-0.15, -0.1) is 0 Å². The van der Waals surface area contributed by atoms with Gasteiger partial charge in [-0.1, -0.05) is 0 Å². The Morgan fingerprint density at radius 2 is 2.29 bits per heavy atom. The van der Waals surface area contributed by atoms with Gasteiger partial charge >= 0.3 is 0 Å². The summed E-state index contributed by atoms with van der Waals surface area (Å²) in [6.07, 6.45) is 3.61. The summed E-state index contributed by atoms with van der Waals surface area (Å²) >= 11 is 3.17. The molecule has 0 fully saturated rings. The second kappa shape index (κ2) is 7.50. The molecule has 0 aromatic carbocycles. The van der Waals surface area contributed by atoms with E-state index in [1.165, 1.54) is 6.26 Å². The van der Waals surface area contributed by atoms with Crippen molar-refractivity contribution in [2.24, 2.45) is 0 Å². The predicted octanol–water partition coefficient (Wildman–Crippen LogP) is 2.98. The quantitative estimate of drug-likeness (QED) is 0.788. The molecule has 4 nitrogen and oxygen atoms in total. The number of halogens is 1. The highest BCUT2D eigenvalue weighted by Crippen LogP contribution is 2.16. The Balaban J connectivity index is 2.11. The molecule has 0 radical (unpaired) electrons. The number of furan rings is 1. The Kier molecular flexibility index (Phi) is 6.29. The smallest absolute Gasteiger partial charge is 0.255 e. The summed E-state index contributed by atoms with van der Waals surface area (Å²) in [4.78, 5) is 11.6. The van der Waals surface area contributed by atoms with E-state index in [9.17, 15) is 4.79 Å². The van der Waals surface area contributed by atoms with Crippen molar-refractivity contribution < 1.29 is 13.9 Å². The molecule has 1 N–H and O–H groups in total. The number of ether oxygens (including phenoxy) is 1. The number of carbonyl (C=O) groups is 1. The van der Waals surface area contributed by atoms with Crippen LogP contribution < -0.4 is 5.32 Å². The number of hydrogen-bond acceptors (Lipinski definition) is 3. The lowest BCUT2D eigenvalue weighted by molar-refractivity contribution is 0.0754. The standard InChI is InChI=1S/C12H18BrNO3/c1-9(2)16-7-4-3-6-14-12(15)10-5-8-17-11(10)13/h5,8-9H,3-4,6-7H2,1-2H3,(H,14,15). The molecule has 1 aromatic heterocycles. The lowest BCUT2D eigenvalue weighted by Crippen LogP contribution is -2.24. The number of nitrogens with one attached hydrogen (secondary N) is 1. The first-order chi connectivity index (χ1) is 8.11. The van der Waals surface area contributed by atoms with Gasteiger partial charge in [-0.05, 0) is 48.7 Å². The summed E-state index contributed by atoms with van der Waals surface area (Å²) in [5.74, 6) is -0.115. The molecular formula is C12H18BrNO3. The third-order valence-corrected chi connectivity index (χ3v) is 2.78. The molecule has 0 aliphatic rings. The van der Waals surface area contributed by atoms with Crippen LogP contribution in [0.4, 0.5) is 0 Å². The molecule has 0 saturated carbocycles. The molecule has 0 saturated heterocycles. The zero-order valence-electron chi connectivity index (χ0n) is 10.2. The lowest BCUT2D eigenvalue weighted by Gasteiger charge is -2.07. The summed E-state index contributed by atoms with van der Waals surface area (Å²) in [6.45, 7) is 5.41. The molecule has 1 heterocycles. The van der Waals surface area contributed by atoms with Crippen molar-refractivity contribution in [2.75, 3.05) is 13.2 Å². The zero-order chi connectivity index (χ0) is 12.7. The van der Waals surface area contributed by atoms with Crippen molar-refractivity contribution in [1.82, 2.24) is 5.32 Å². The van der Waals surface area contributed by atoms with Crippen molar-refractivity contribution >= 4 is 21.8 Å². The molecule has 1 aromatic rings. The highest BCUT2D eigenvalue weighted by molar-refractivity contribution is 9.10. The Hall–Kier alpha value is -0.810. The first-order valence-electron chi connectivity index (χ1n) is 5.74. The van der Waals surface area contributed by atoms with Crippen LogP contribution in [-0.2, 0) is 4.74 Å². The van der Waals surface area contributed by atoms with Gasteiger partial charge in [0.25, 0.3) is 5.91 Å². The van der Waals surface area contributed by atoms with E-state index in [1.54, 1.807) is 6.07 Å². The molecule has 5 heteroatoms. The topological polar surface area (TPSA) is 51.5 Å². The maximum absolute atomic E-state index is 11.6. The fraction of sp³-hybridized carbons (Fsp3) is 0.583. The van der Waals surface area contributed by atoms with E-state index in [2.05, 4.69) is 21.2 Å². The minimum absolute atomic E-state index is 0.115. The minimum atomic E-state index is -0.115. The van der Waals surface area contributed by atoms with E-state index in [0.29, 0.717) is 16.8 Å². The van der Waals surface area contributed by atoms with Crippen molar-refractivity contribution in [3.05, 3.63) is 22.6 Å². The van der Waals surface area contributed by atoms with E-state index in [-0.39, 0.29) is 12.0 Å². The second-order valence-electron chi connectivity index (χ2n) is 3.99. The number of unbranched alkanes of at least 4 members (excludes halogenated alkanes) is 1. The van der Waals surface area contributed by atoms with E-state index < -0.39 is 0 Å². The number of hydrogen-bond donors (Lipinski definition) is 1. The average molecular weight is 304 g/mol. The van der Waals surface area contributed by atoms with Crippen LogP contribution in [0.2, 0.25) is 0 Å². The second-order valence-corrected chi connectivity index (χ2v) is 4.71. The number of rotatable bonds is 7. The van der Waals surface area contributed by atoms with Crippen LogP contribution in [0.25, 0.3) is 0 Å². The van der Waals surface area contributed by atoms with Gasteiger partial charge in [0.05, 0.1) is 17.9 Å². The largest absolute Gasteiger partial charge is 0.457 e. The monoisotopic (exact) mass is 303 g/mol. The van der Waals surface area contributed by atoms with E-state index in [1.807, 2.05) is 13.8 Å². The molecule has 1 amide bonds.